The summed E-state index contributed by atoms with van der Waals surface area (Å²) in [5.74, 6) is -14.9. The number of aromatic amines is 1. The Morgan fingerprint density at radius 2 is 1.56 bits per heavy atom. The summed E-state index contributed by atoms with van der Waals surface area (Å²) in [5.41, 5.74) is 16.6. The van der Waals surface area contributed by atoms with Crippen molar-refractivity contribution in [3.8, 4) is 0 Å². The molecule has 37 heteroatoms. The number of ketones is 2. The fraction of sp³-hybridized carbons (Fsp3) is 0.434. The predicted molar refractivity (Wildman–Crippen MR) is 307 cm³/mol. The summed E-state index contributed by atoms with van der Waals surface area (Å²) in [4.78, 5) is 201. The van der Waals surface area contributed by atoms with Crippen molar-refractivity contribution in [1.29, 1.82) is 5.41 Å². The van der Waals surface area contributed by atoms with E-state index in [1.807, 2.05) is 0 Å². The van der Waals surface area contributed by atoms with Crippen LogP contribution in [0.1, 0.15) is 61.5 Å². The average Bonchev–Trinajstić information content (AvgIpc) is 1.51. The van der Waals surface area contributed by atoms with Gasteiger partial charge in [-0.3, -0.25) is 68.0 Å². The van der Waals surface area contributed by atoms with Gasteiger partial charge < -0.3 is 83.7 Å². The number of hydrogen-bond donors (Lipinski definition) is 14. The number of guanidine groups is 1. The largest absolute Gasteiger partial charge is 0.492 e. The molecule has 478 valence electrons. The van der Waals surface area contributed by atoms with Crippen LogP contribution in [0.5, 0.6) is 0 Å². The maximum absolute atomic E-state index is 13.8. The van der Waals surface area contributed by atoms with Gasteiger partial charge in [-0.1, -0.05) is 0 Å². The minimum atomic E-state index is -2.00. The van der Waals surface area contributed by atoms with Crippen molar-refractivity contribution < 1.29 is 87.1 Å². The summed E-state index contributed by atoms with van der Waals surface area (Å²) < 4.78 is 10.3. The zero-order valence-corrected chi connectivity index (χ0v) is 48.6. The number of ether oxygens (including phenoxy) is 2. The molecule has 2 unspecified atom stereocenters. The zero-order valence-electron chi connectivity index (χ0n) is 47.8. The first-order chi connectivity index (χ1) is 42.7. The van der Waals surface area contributed by atoms with Gasteiger partial charge in [-0.15, -0.1) is 11.8 Å². The van der Waals surface area contributed by atoms with Crippen LogP contribution >= 0.6 is 11.8 Å². The molecule has 0 spiro atoms. The number of rotatable bonds is 29. The summed E-state index contributed by atoms with van der Waals surface area (Å²) in [6, 6.07) is -3.26. The standard InChI is InChI=1S/C53H61N17O19S/c1-20-40(76)39-35(41(77)42(20)88-2)24(18-89-53(57)87)37-38-29(16-69(37)39)70(38)33(73)17-68-32(72)13-30(48(68)82)90-19-28(50(85)86)65-46(80)27(12-34(74)75)64-45(79)25(4-3-11-58-51(54)55)62-31(71)10-9-26(49(83)84)63-44(78)21-5-7-22(8-6-21)59-14-23-15-60-43-36(61-23)47(81)67-52(56)66-43/h5-8,15,24-30,37-38,59H,3-4,9-14,16-19H2,1-2H3,(H2,57,87)(H,62,71)(H,63,78)(H,64,79)(H,65,80)(H,74,75)(H,83,84)(H,85,86)(H4,54,55,58)(H3,56,60,66,67,81)/t24-,25+,26+,27+,28+,29+,30?,37?,38+,70?/m0/s1. The Balaban J connectivity index is 0.833. The minimum absolute atomic E-state index is 0.0165. The zero-order chi connectivity index (χ0) is 65.6. The first kappa shape index (κ1) is 65.2. The summed E-state index contributed by atoms with van der Waals surface area (Å²) in [6.07, 6.45) is -2.75. The number of nitrogens with one attached hydrogen (secondary N) is 8. The van der Waals surface area contributed by atoms with E-state index in [-0.39, 0.29) is 77.8 Å². The number of benzene rings is 1. The van der Waals surface area contributed by atoms with Gasteiger partial charge >= 0.3 is 24.0 Å². The summed E-state index contributed by atoms with van der Waals surface area (Å²) >= 11 is 0.625. The molecule has 9 atom stereocenters. The van der Waals surface area contributed by atoms with Crippen molar-refractivity contribution in [2.24, 2.45) is 17.4 Å². The first-order valence-corrected chi connectivity index (χ1v) is 28.6. The second-order valence-corrected chi connectivity index (χ2v) is 22.4. The van der Waals surface area contributed by atoms with Crippen LogP contribution in [-0.2, 0) is 68.8 Å². The number of amides is 8. The number of thioether (sulfide) groups is 1. The number of fused-ring (bicyclic) bond motifs is 5. The Morgan fingerprint density at radius 3 is 2.21 bits per heavy atom. The van der Waals surface area contributed by atoms with E-state index in [9.17, 15) is 82.4 Å². The van der Waals surface area contributed by atoms with E-state index >= 15 is 0 Å². The van der Waals surface area contributed by atoms with E-state index in [1.165, 1.54) is 49.4 Å². The lowest BCUT2D eigenvalue weighted by molar-refractivity contribution is -0.144. The van der Waals surface area contributed by atoms with Gasteiger partial charge in [0, 0.05) is 60.0 Å². The molecule has 17 N–H and O–H groups in total. The van der Waals surface area contributed by atoms with Crippen molar-refractivity contribution in [1.82, 2.24) is 61.2 Å². The number of carboxylic acids is 3. The van der Waals surface area contributed by atoms with Crippen molar-refractivity contribution in [2.75, 3.05) is 50.2 Å². The van der Waals surface area contributed by atoms with E-state index < -0.39 is 186 Å². The molecule has 3 aromatic rings. The number of aromatic nitrogens is 4. The molecule has 90 heavy (non-hydrogen) atoms. The maximum atomic E-state index is 13.8. The van der Waals surface area contributed by atoms with Crippen LogP contribution in [0.4, 0.5) is 16.4 Å². The maximum Gasteiger partial charge on any atom is 0.404 e. The average molecular weight is 1270 g/mol. The molecule has 6 heterocycles. The number of primary amides is 1. The van der Waals surface area contributed by atoms with Gasteiger partial charge in [0.2, 0.25) is 53.0 Å². The second-order valence-electron chi connectivity index (χ2n) is 21.1. The smallest absolute Gasteiger partial charge is 0.404 e. The highest BCUT2D eigenvalue weighted by molar-refractivity contribution is 8.00. The number of carbonyl (C=O) groups is 13. The van der Waals surface area contributed by atoms with Gasteiger partial charge in [0.1, 0.15) is 37.3 Å². The number of likely N-dealkylation sites (tertiary alicyclic amines) is 1. The topological polar surface area (TPSA) is 556 Å². The number of anilines is 2. The van der Waals surface area contributed by atoms with E-state index in [4.69, 9.17) is 32.1 Å². The minimum Gasteiger partial charge on any atom is -0.492 e. The molecular formula is C53H61N17O19S. The molecular weight excluding hydrogens is 1210 g/mol. The summed E-state index contributed by atoms with van der Waals surface area (Å²) in [5, 5.41) is 50.6. The van der Waals surface area contributed by atoms with Gasteiger partial charge in [0.05, 0.1) is 61.0 Å². The van der Waals surface area contributed by atoms with Crippen molar-refractivity contribution >= 4 is 117 Å². The van der Waals surface area contributed by atoms with Crippen LogP contribution in [0.15, 0.2) is 57.9 Å². The molecule has 3 saturated heterocycles. The molecule has 0 radical (unpaired) electrons. The molecule has 1 aromatic carbocycles. The van der Waals surface area contributed by atoms with E-state index in [2.05, 4.69) is 51.8 Å². The van der Waals surface area contributed by atoms with E-state index in [0.29, 0.717) is 28.0 Å². The molecule has 36 nitrogen and oxygen atoms in total. The number of methoxy groups -OCH3 is 1. The van der Waals surface area contributed by atoms with Crippen molar-refractivity contribution in [2.45, 2.75) is 99.5 Å². The van der Waals surface area contributed by atoms with Crippen LogP contribution in [0.25, 0.3) is 11.2 Å². The fourth-order valence-corrected chi connectivity index (χ4v) is 12.1. The van der Waals surface area contributed by atoms with Gasteiger partial charge in [-0.05, 0) is 50.5 Å². The third kappa shape index (κ3) is 14.6. The number of allylic oxidation sites excluding steroid dienone is 2. The molecule has 0 bridgehead atoms. The van der Waals surface area contributed by atoms with Crippen molar-refractivity contribution in [3.05, 3.63) is 74.7 Å². The Hall–Kier alpha value is -10.8. The SMILES string of the molecule is COC1=C(C)C(=O)C2=C(C1=O)[C@H](COC(N)=O)C1[C@H]3[C@@H](CN21)N3C(=O)CN1C(=O)CC(SC[C@@H](NC(=O)[C@@H](CC(=O)O)NC(=O)[C@@H](CCCNC(=N)N)NC(=O)CC[C@@H](NC(=O)c2ccc(NCc3cnc4nc(N)[nH]c(=O)c4n3)cc2)C(=O)O)C(=O)O)C1=O. The summed E-state index contributed by atoms with van der Waals surface area (Å²) in [7, 11) is 1.22. The van der Waals surface area contributed by atoms with Crippen LogP contribution in [0.3, 0.4) is 0 Å². The fourth-order valence-electron chi connectivity index (χ4n) is 11.0. The number of Topliss-reactive ketones (excluding diaryl/α,β-unsaturated/α-hetero) is 2. The van der Waals surface area contributed by atoms with Gasteiger partial charge in [0.25, 0.3) is 11.5 Å². The number of nitrogens with zero attached hydrogens (tertiary/aromatic N) is 6. The van der Waals surface area contributed by atoms with E-state index in [0.717, 1.165) is 0 Å². The number of aliphatic carboxylic acids is 3. The monoisotopic (exact) mass is 1270 g/mol. The lowest BCUT2D eigenvalue weighted by Crippen LogP contribution is -2.56. The first-order valence-electron chi connectivity index (χ1n) is 27.5. The number of piperazine rings is 1. The molecule has 0 saturated carbocycles. The normalized spacial score (nSPS) is 20.2. The Kier molecular flexibility index (Phi) is 19.9. The Morgan fingerprint density at radius 1 is 0.867 bits per heavy atom. The highest BCUT2D eigenvalue weighted by Crippen LogP contribution is 2.53. The van der Waals surface area contributed by atoms with E-state index in [1.54, 1.807) is 4.90 Å². The lowest BCUT2D eigenvalue weighted by Gasteiger charge is -2.29. The molecule has 2 aromatic heterocycles. The number of H-pyrrole nitrogens is 1. The lowest BCUT2D eigenvalue weighted by atomic mass is 9.85. The van der Waals surface area contributed by atoms with Gasteiger partial charge in [0.15, 0.2) is 22.9 Å². The third-order valence-corrected chi connectivity index (χ3v) is 16.5. The Bertz CT molecular complexity index is 3650. The predicted octanol–water partition coefficient (Wildman–Crippen LogP) is -4.68. The van der Waals surface area contributed by atoms with Crippen LogP contribution in [0.2, 0.25) is 0 Å². The molecule has 5 aliphatic rings. The second kappa shape index (κ2) is 27.5. The van der Waals surface area contributed by atoms with Gasteiger partial charge in [-0.2, -0.15) is 4.98 Å². The number of carbonyl (C=O) groups excluding carboxylic acids is 10. The number of imide groups is 1. The van der Waals surface area contributed by atoms with Gasteiger partial charge in [-0.25, -0.2) is 24.4 Å². The van der Waals surface area contributed by atoms with Crippen LogP contribution in [-0.4, -0.2) is 219 Å². The number of hydrogen-bond acceptors (Lipinski definition) is 24. The summed E-state index contributed by atoms with van der Waals surface area (Å²) in [6.45, 7) is 0.415. The Labute approximate surface area is 511 Å². The quantitative estimate of drug-likeness (QED) is 0.00776. The molecule has 4 aliphatic heterocycles. The number of nitrogen functional groups attached to an aromatic ring is 1. The number of nitrogens with two attached hydrogens (primary N) is 3. The highest BCUT2D eigenvalue weighted by atomic mass is 32.2. The van der Waals surface area contributed by atoms with Crippen molar-refractivity contribution in [3.63, 3.8) is 0 Å². The molecule has 8 amide bonds. The molecule has 3 fully saturated rings. The molecule has 8 rings (SSSR count). The number of carboxylic acid groups (broad SMARTS) is 3. The third-order valence-electron chi connectivity index (χ3n) is 15.2. The van der Waals surface area contributed by atoms with Crippen LogP contribution < -0.4 is 54.7 Å². The highest BCUT2D eigenvalue weighted by Gasteiger charge is 2.69. The van der Waals surface area contributed by atoms with Crippen LogP contribution in [0, 0.1) is 11.3 Å². The molecule has 1 aliphatic carbocycles.